The van der Waals surface area contributed by atoms with Crippen molar-refractivity contribution < 1.29 is 9.53 Å². The number of carbonyl (C=O) groups is 1. The zero-order valence-electron chi connectivity index (χ0n) is 13.4. The highest BCUT2D eigenvalue weighted by molar-refractivity contribution is 5.96. The third-order valence-electron chi connectivity index (χ3n) is 4.31. The van der Waals surface area contributed by atoms with Crippen LogP contribution in [0.5, 0.6) is 5.75 Å². The van der Waals surface area contributed by atoms with Crippen LogP contribution >= 0.6 is 0 Å². The summed E-state index contributed by atoms with van der Waals surface area (Å²) in [4.78, 5) is 24.0. The lowest BCUT2D eigenvalue weighted by Crippen LogP contribution is -2.30. The number of nitrogens with zero attached hydrogens (tertiary/aromatic N) is 2. The van der Waals surface area contributed by atoms with E-state index in [1.807, 2.05) is 25.1 Å². The summed E-state index contributed by atoms with van der Waals surface area (Å²) in [7, 11) is 0. The lowest BCUT2D eigenvalue weighted by Gasteiger charge is -2.26. The standard InChI is InChI=1S/C18H18N4O2/c1-11-21-15-8-13(10-19-17(15)22-11)18(23)20-9-12-6-7-24-16-5-3-2-4-14(12)16/h2-5,8,10,12H,6-7,9H2,1H3,(H,20,23)(H,19,21,22). The first kappa shape index (κ1) is 14.7. The topological polar surface area (TPSA) is 79.9 Å². The molecule has 0 spiro atoms. The van der Waals surface area contributed by atoms with Crippen LogP contribution < -0.4 is 10.1 Å². The molecule has 0 saturated heterocycles. The predicted molar refractivity (Wildman–Crippen MR) is 90.3 cm³/mol. The van der Waals surface area contributed by atoms with Crippen LogP contribution in [-0.4, -0.2) is 34.0 Å². The van der Waals surface area contributed by atoms with Gasteiger partial charge in [0.25, 0.3) is 5.91 Å². The number of hydrogen-bond acceptors (Lipinski definition) is 4. The number of pyridine rings is 1. The monoisotopic (exact) mass is 322 g/mol. The van der Waals surface area contributed by atoms with Crippen molar-refractivity contribution in [1.82, 2.24) is 20.3 Å². The highest BCUT2D eigenvalue weighted by Crippen LogP contribution is 2.32. The fourth-order valence-corrected chi connectivity index (χ4v) is 3.09. The van der Waals surface area contributed by atoms with Gasteiger partial charge in [-0.2, -0.15) is 0 Å². The molecule has 6 heteroatoms. The SMILES string of the molecule is Cc1nc2ncc(C(=O)NCC3CCOc4ccccc43)cc2[nH]1. The van der Waals surface area contributed by atoms with Crippen LogP contribution in [0.4, 0.5) is 0 Å². The van der Waals surface area contributed by atoms with Gasteiger partial charge in [0.05, 0.1) is 17.7 Å². The largest absolute Gasteiger partial charge is 0.493 e. The smallest absolute Gasteiger partial charge is 0.252 e. The molecule has 0 radical (unpaired) electrons. The number of benzene rings is 1. The zero-order chi connectivity index (χ0) is 16.5. The van der Waals surface area contributed by atoms with Crippen molar-refractivity contribution in [2.24, 2.45) is 0 Å². The highest BCUT2D eigenvalue weighted by atomic mass is 16.5. The lowest BCUT2D eigenvalue weighted by atomic mass is 9.93. The van der Waals surface area contributed by atoms with Gasteiger partial charge < -0.3 is 15.0 Å². The molecule has 1 atom stereocenters. The van der Waals surface area contributed by atoms with Crippen LogP contribution in [0.3, 0.4) is 0 Å². The van der Waals surface area contributed by atoms with Crippen molar-refractivity contribution in [2.75, 3.05) is 13.2 Å². The number of carbonyl (C=O) groups excluding carboxylic acids is 1. The molecular formula is C18H18N4O2. The van der Waals surface area contributed by atoms with Crippen LogP contribution in [0.2, 0.25) is 0 Å². The Morgan fingerprint density at radius 3 is 3.21 bits per heavy atom. The molecule has 3 aromatic rings. The first-order valence-electron chi connectivity index (χ1n) is 8.03. The Bertz CT molecular complexity index is 903. The van der Waals surface area contributed by atoms with Gasteiger partial charge in [-0.05, 0) is 31.0 Å². The van der Waals surface area contributed by atoms with Crippen LogP contribution in [0.1, 0.15) is 34.1 Å². The lowest BCUT2D eigenvalue weighted by molar-refractivity contribution is 0.0948. The van der Waals surface area contributed by atoms with Gasteiger partial charge in [-0.15, -0.1) is 0 Å². The van der Waals surface area contributed by atoms with Crippen molar-refractivity contribution >= 4 is 17.1 Å². The number of aromatic amines is 1. The van der Waals surface area contributed by atoms with Crippen molar-refractivity contribution in [3.05, 3.63) is 53.5 Å². The Balaban J connectivity index is 1.48. The summed E-state index contributed by atoms with van der Waals surface area (Å²) in [6.07, 6.45) is 2.46. The Morgan fingerprint density at radius 2 is 2.29 bits per heavy atom. The van der Waals surface area contributed by atoms with E-state index in [1.165, 1.54) is 0 Å². The Kier molecular flexibility index (Phi) is 3.65. The molecule has 3 heterocycles. The molecule has 2 N–H and O–H groups in total. The summed E-state index contributed by atoms with van der Waals surface area (Å²) in [6.45, 7) is 3.13. The van der Waals surface area contributed by atoms with Gasteiger partial charge in [-0.25, -0.2) is 9.97 Å². The van der Waals surface area contributed by atoms with E-state index in [-0.39, 0.29) is 11.8 Å². The molecule has 0 aliphatic carbocycles. The number of ether oxygens (including phenoxy) is 1. The van der Waals surface area contributed by atoms with Gasteiger partial charge in [0.15, 0.2) is 5.65 Å². The van der Waals surface area contributed by atoms with Gasteiger partial charge in [-0.1, -0.05) is 18.2 Å². The van der Waals surface area contributed by atoms with E-state index in [2.05, 4.69) is 26.3 Å². The number of rotatable bonds is 3. The summed E-state index contributed by atoms with van der Waals surface area (Å²) >= 11 is 0. The second kappa shape index (κ2) is 5.96. The Labute approximate surface area is 139 Å². The fraction of sp³-hybridized carbons (Fsp3) is 0.278. The second-order valence-corrected chi connectivity index (χ2v) is 6.00. The van der Waals surface area contributed by atoms with Crippen molar-refractivity contribution in [3.8, 4) is 5.75 Å². The van der Waals surface area contributed by atoms with Gasteiger partial charge in [0.1, 0.15) is 11.6 Å². The molecule has 1 amide bonds. The van der Waals surface area contributed by atoms with E-state index in [9.17, 15) is 4.79 Å². The second-order valence-electron chi connectivity index (χ2n) is 6.00. The van der Waals surface area contributed by atoms with Crippen LogP contribution in [0.15, 0.2) is 36.5 Å². The van der Waals surface area contributed by atoms with E-state index in [0.29, 0.717) is 24.4 Å². The first-order chi connectivity index (χ1) is 11.7. The minimum Gasteiger partial charge on any atom is -0.493 e. The third kappa shape index (κ3) is 2.71. The van der Waals surface area contributed by atoms with E-state index in [0.717, 1.165) is 29.1 Å². The first-order valence-corrected chi connectivity index (χ1v) is 8.03. The molecule has 0 saturated carbocycles. The minimum absolute atomic E-state index is 0.124. The van der Waals surface area contributed by atoms with Crippen molar-refractivity contribution in [3.63, 3.8) is 0 Å². The molecule has 24 heavy (non-hydrogen) atoms. The number of amides is 1. The van der Waals surface area contributed by atoms with Crippen LogP contribution in [0, 0.1) is 6.92 Å². The van der Waals surface area contributed by atoms with E-state index >= 15 is 0 Å². The van der Waals surface area contributed by atoms with E-state index in [1.54, 1.807) is 12.3 Å². The normalized spacial score (nSPS) is 16.5. The van der Waals surface area contributed by atoms with Gasteiger partial charge in [0, 0.05) is 18.7 Å². The Morgan fingerprint density at radius 1 is 1.42 bits per heavy atom. The number of aryl methyl sites for hydroxylation is 1. The number of fused-ring (bicyclic) bond motifs is 2. The maximum atomic E-state index is 12.4. The predicted octanol–water partition coefficient (Wildman–Crippen LogP) is 2.56. The summed E-state index contributed by atoms with van der Waals surface area (Å²) in [5.74, 6) is 1.85. The molecular weight excluding hydrogens is 304 g/mol. The molecule has 0 fully saturated rings. The van der Waals surface area contributed by atoms with E-state index in [4.69, 9.17) is 4.74 Å². The minimum atomic E-state index is -0.124. The molecule has 1 unspecified atom stereocenters. The maximum absolute atomic E-state index is 12.4. The van der Waals surface area contributed by atoms with Crippen LogP contribution in [0.25, 0.3) is 11.2 Å². The summed E-state index contributed by atoms with van der Waals surface area (Å²) in [5.41, 5.74) is 3.09. The quantitative estimate of drug-likeness (QED) is 0.776. The molecule has 0 bridgehead atoms. The molecule has 2 aromatic heterocycles. The number of hydrogen-bond donors (Lipinski definition) is 2. The van der Waals surface area contributed by atoms with Crippen molar-refractivity contribution in [1.29, 1.82) is 0 Å². The number of nitrogens with one attached hydrogen (secondary N) is 2. The highest BCUT2D eigenvalue weighted by Gasteiger charge is 2.21. The molecule has 6 nitrogen and oxygen atoms in total. The number of imidazole rings is 1. The zero-order valence-corrected chi connectivity index (χ0v) is 13.4. The third-order valence-corrected chi connectivity index (χ3v) is 4.31. The van der Waals surface area contributed by atoms with Gasteiger partial charge >= 0.3 is 0 Å². The van der Waals surface area contributed by atoms with Crippen molar-refractivity contribution in [2.45, 2.75) is 19.3 Å². The summed E-state index contributed by atoms with van der Waals surface area (Å²) in [6, 6.07) is 9.79. The van der Waals surface area contributed by atoms with Crippen LogP contribution in [-0.2, 0) is 0 Å². The van der Waals surface area contributed by atoms with Gasteiger partial charge in [0.2, 0.25) is 0 Å². The molecule has 122 valence electrons. The number of H-pyrrole nitrogens is 1. The molecule has 1 aliphatic rings. The fourth-order valence-electron chi connectivity index (χ4n) is 3.09. The number of aromatic nitrogens is 3. The maximum Gasteiger partial charge on any atom is 0.252 e. The summed E-state index contributed by atoms with van der Waals surface area (Å²) < 4.78 is 5.66. The molecule has 1 aromatic carbocycles. The molecule has 4 rings (SSSR count). The van der Waals surface area contributed by atoms with E-state index < -0.39 is 0 Å². The summed E-state index contributed by atoms with van der Waals surface area (Å²) in [5, 5.41) is 3.01. The number of para-hydroxylation sites is 1. The Hall–Kier alpha value is -2.89. The average molecular weight is 322 g/mol. The molecule has 1 aliphatic heterocycles. The average Bonchev–Trinajstić information content (AvgIpc) is 2.98. The van der Waals surface area contributed by atoms with Gasteiger partial charge in [-0.3, -0.25) is 4.79 Å².